The lowest BCUT2D eigenvalue weighted by molar-refractivity contribution is 0.174. The van der Waals surface area contributed by atoms with Crippen LogP contribution in [0.2, 0.25) is 5.02 Å². The van der Waals surface area contributed by atoms with Gasteiger partial charge in [-0.15, -0.1) is 0 Å². The van der Waals surface area contributed by atoms with Gasteiger partial charge in [-0.2, -0.15) is 0 Å². The van der Waals surface area contributed by atoms with Crippen LogP contribution < -0.4 is 9.47 Å². The Morgan fingerprint density at radius 3 is 2.17 bits per heavy atom. The van der Waals surface area contributed by atoms with E-state index in [-0.39, 0.29) is 6.79 Å². The van der Waals surface area contributed by atoms with E-state index in [1.165, 1.54) is 22.2 Å². The number of fused-ring (bicyclic) bond motifs is 2. The Morgan fingerprint density at radius 1 is 0.683 bits per heavy atom. The van der Waals surface area contributed by atoms with E-state index in [1.54, 1.807) is 0 Å². The topological polar surface area (TPSA) is 42.8 Å². The lowest BCUT2D eigenvalue weighted by Gasteiger charge is -2.22. The summed E-state index contributed by atoms with van der Waals surface area (Å²) in [6.07, 6.45) is 1.10. The van der Waals surface area contributed by atoms with E-state index in [9.17, 15) is 0 Å². The normalized spacial score (nSPS) is 15.8. The molecule has 3 heterocycles. The second-order valence-electron chi connectivity index (χ2n) is 10.9. The van der Waals surface area contributed by atoms with E-state index in [4.69, 9.17) is 26.1 Å². The van der Waals surface area contributed by atoms with Crippen LogP contribution in [0.1, 0.15) is 23.4 Å². The van der Waals surface area contributed by atoms with Crippen molar-refractivity contribution in [2.75, 3.05) is 33.0 Å². The zero-order valence-corrected chi connectivity index (χ0v) is 23.8. The molecule has 5 aromatic rings. The SMILES string of the molecule is Clc1cc2c(cc1CN1CCCN(Cc3nc4ccccc4n3Cc3ccc(-c4ccccc4)cc3)CC1)OCO2. The maximum absolute atomic E-state index is 6.58. The highest BCUT2D eigenvalue weighted by Crippen LogP contribution is 2.37. The quantitative estimate of drug-likeness (QED) is 0.216. The summed E-state index contributed by atoms with van der Waals surface area (Å²) in [5.74, 6) is 2.64. The molecule has 7 heteroatoms. The average molecular weight is 565 g/mol. The predicted octanol–water partition coefficient (Wildman–Crippen LogP) is 6.84. The Hall–Kier alpha value is -3.84. The first-order valence-electron chi connectivity index (χ1n) is 14.3. The molecule has 2 aliphatic heterocycles. The minimum absolute atomic E-state index is 0.261. The van der Waals surface area contributed by atoms with Gasteiger partial charge < -0.3 is 14.0 Å². The highest BCUT2D eigenvalue weighted by Gasteiger charge is 2.21. The fourth-order valence-electron chi connectivity index (χ4n) is 5.90. The smallest absolute Gasteiger partial charge is 0.231 e. The third kappa shape index (κ3) is 5.68. The number of imidazole rings is 1. The van der Waals surface area contributed by atoms with Crippen LogP contribution in [0.25, 0.3) is 22.2 Å². The van der Waals surface area contributed by atoms with Gasteiger partial charge in [0, 0.05) is 37.3 Å². The molecular weight excluding hydrogens is 532 g/mol. The predicted molar refractivity (Wildman–Crippen MR) is 163 cm³/mol. The lowest BCUT2D eigenvalue weighted by Crippen LogP contribution is -2.31. The van der Waals surface area contributed by atoms with E-state index in [0.717, 1.165) is 85.7 Å². The number of halogens is 1. The molecule has 1 fully saturated rings. The third-order valence-electron chi connectivity index (χ3n) is 8.12. The Labute approximate surface area is 245 Å². The minimum Gasteiger partial charge on any atom is -0.454 e. The molecule has 208 valence electrons. The Balaban J connectivity index is 1.06. The van der Waals surface area contributed by atoms with Crippen LogP contribution in [0.3, 0.4) is 0 Å². The summed E-state index contributed by atoms with van der Waals surface area (Å²) in [7, 11) is 0. The molecule has 1 saturated heterocycles. The second kappa shape index (κ2) is 11.6. The molecule has 0 radical (unpaired) electrons. The van der Waals surface area contributed by atoms with Crippen LogP contribution >= 0.6 is 11.6 Å². The Kier molecular flexibility index (Phi) is 7.36. The van der Waals surface area contributed by atoms with Crippen LogP contribution in [0, 0.1) is 0 Å². The number of aromatic nitrogens is 2. The molecular formula is C34H33ClN4O2. The first-order valence-corrected chi connectivity index (χ1v) is 14.7. The number of para-hydroxylation sites is 2. The molecule has 0 bridgehead atoms. The van der Waals surface area contributed by atoms with Gasteiger partial charge in [-0.25, -0.2) is 4.98 Å². The van der Waals surface area contributed by atoms with Gasteiger partial charge in [-0.05, 0) is 60.0 Å². The van der Waals surface area contributed by atoms with Crippen molar-refractivity contribution in [1.82, 2.24) is 19.4 Å². The standard InChI is InChI=1S/C34H33ClN4O2/c35-29-20-33-32(40-24-41-33)19-28(29)22-37-15-6-16-38(18-17-37)23-34-36-30-9-4-5-10-31(30)39(34)21-25-11-13-27(14-12-25)26-7-2-1-3-8-26/h1-5,7-14,19-20H,6,15-18,21-24H2. The van der Waals surface area contributed by atoms with Gasteiger partial charge in [0.05, 0.1) is 17.6 Å². The van der Waals surface area contributed by atoms with Gasteiger partial charge in [0.15, 0.2) is 11.5 Å². The van der Waals surface area contributed by atoms with E-state index in [1.807, 2.05) is 12.1 Å². The van der Waals surface area contributed by atoms with Crippen LogP contribution in [0.4, 0.5) is 0 Å². The number of hydrogen-bond donors (Lipinski definition) is 0. The molecule has 6 nitrogen and oxygen atoms in total. The van der Waals surface area contributed by atoms with Gasteiger partial charge in [-0.3, -0.25) is 9.80 Å². The summed E-state index contributed by atoms with van der Waals surface area (Å²) in [6, 6.07) is 31.9. The molecule has 7 rings (SSSR count). The van der Waals surface area contributed by atoms with Gasteiger partial charge in [0.25, 0.3) is 0 Å². The molecule has 0 amide bonds. The summed E-state index contributed by atoms with van der Waals surface area (Å²) in [4.78, 5) is 10.1. The van der Waals surface area contributed by atoms with Crippen LogP contribution in [0.5, 0.6) is 11.5 Å². The summed E-state index contributed by atoms with van der Waals surface area (Å²) >= 11 is 6.58. The van der Waals surface area contributed by atoms with Crippen molar-refractivity contribution < 1.29 is 9.47 Å². The number of benzene rings is 4. The van der Waals surface area contributed by atoms with Crippen molar-refractivity contribution in [2.45, 2.75) is 26.1 Å². The highest BCUT2D eigenvalue weighted by atomic mass is 35.5. The van der Waals surface area contributed by atoms with Gasteiger partial charge >= 0.3 is 0 Å². The molecule has 0 atom stereocenters. The van der Waals surface area contributed by atoms with Crippen molar-refractivity contribution in [1.29, 1.82) is 0 Å². The first-order chi connectivity index (χ1) is 20.2. The number of nitrogens with zero attached hydrogens (tertiary/aromatic N) is 4. The van der Waals surface area contributed by atoms with E-state index in [0.29, 0.717) is 0 Å². The summed E-state index contributed by atoms with van der Waals surface area (Å²) in [5, 5.41) is 0.737. The second-order valence-corrected chi connectivity index (χ2v) is 11.3. The fourth-order valence-corrected chi connectivity index (χ4v) is 6.11. The summed E-state index contributed by atoms with van der Waals surface area (Å²) < 4.78 is 13.4. The first kappa shape index (κ1) is 26.1. The van der Waals surface area contributed by atoms with Crippen LogP contribution in [-0.4, -0.2) is 52.3 Å². The Morgan fingerprint density at radius 2 is 1.37 bits per heavy atom. The third-order valence-corrected chi connectivity index (χ3v) is 8.47. The molecule has 4 aromatic carbocycles. The van der Waals surface area contributed by atoms with Gasteiger partial charge in [0.1, 0.15) is 5.82 Å². The minimum atomic E-state index is 0.261. The zero-order chi connectivity index (χ0) is 27.6. The number of rotatable bonds is 7. The van der Waals surface area contributed by atoms with Crippen molar-refractivity contribution >= 4 is 22.6 Å². The summed E-state index contributed by atoms with van der Waals surface area (Å²) in [5.41, 5.74) is 7.08. The maximum Gasteiger partial charge on any atom is 0.231 e. The van der Waals surface area contributed by atoms with E-state index >= 15 is 0 Å². The molecule has 0 unspecified atom stereocenters. The largest absolute Gasteiger partial charge is 0.454 e. The monoisotopic (exact) mass is 564 g/mol. The van der Waals surface area contributed by atoms with Crippen LogP contribution in [-0.2, 0) is 19.6 Å². The molecule has 0 aliphatic carbocycles. The average Bonchev–Trinajstić information content (AvgIpc) is 3.52. The highest BCUT2D eigenvalue weighted by molar-refractivity contribution is 6.31. The van der Waals surface area contributed by atoms with Gasteiger partial charge in [-0.1, -0.05) is 78.3 Å². The van der Waals surface area contributed by atoms with Crippen molar-refractivity contribution in [2.24, 2.45) is 0 Å². The summed E-state index contributed by atoms with van der Waals surface area (Å²) in [6.45, 7) is 6.73. The molecule has 0 saturated carbocycles. The molecule has 2 aliphatic rings. The maximum atomic E-state index is 6.58. The number of ether oxygens (including phenoxy) is 2. The molecule has 0 spiro atoms. The van der Waals surface area contributed by atoms with Crippen LogP contribution in [0.15, 0.2) is 91.0 Å². The van der Waals surface area contributed by atoms with E-state index in [2.05, 4.69) is 93.2 Å². The Bertz CT molecular complexity index is 1650. The zero-order valence-electron chi connectivity index (χ0n) is 23.0. The van der Waals surface area contributed by atoms with Crippen molar-refractivity contribution in [3.63, 3.8) is 0 Å². The lowest BCUT2D eigenvalue weighted by atomic mass is 10.0. The fraction of sp³-hybridized carbons (Fsp3) is 0.265. The molecule has 41 heavy (non-hydrogen) atoms. The van der Waals surface area contributed by atoms with Gasteiger partial charge in [0.2, 0.25) is 6.79 Å². The van der Waals surface area contributed by atoms with Crippen molar-refractivity contribution in [3.8, 4) is 22.6 Å². The molecule has 1 aromatic heterocycles. The molecule has 0 N–H and O–H groups in total. The van der Waals surface area contributed by atoms with E-state index < -0.39 is 0 Å². The number of hydrogen-bond acceptors (Lipinski definition) is 5. The van der Waals surface area contributed by atoms with Crippen molar-refractivity contribution in [3.05, 3.63) is 113 Å².